The molecule has 0 spiro atoms. The van der Waals surface area contributed by atoms with Crippen molar-refractivity contribution >= 4 is 11.5 Å². The third kappa shape index (κ3) is 6.26. The number of carbonyl (C=O) groups excluding carboxylic acids is 1. The van der Waals surface area contributed by atoms with Crippen molar-refractivity contribution < 1.29 is 14.8 Å². The van der Waals surface area contributed by atoms with E-state index in [-0.39, 0.29) is 17.2 Å². The van der Waals surface area contributed by atoms with E-state index in [0.29, 0.717) is 6.54 Å². The molecule has 6 heteroatoms. The number of carbonyl (C=O) groups is 1. The molecule has 0 aromatic heterocycles. The Morgan fingerprint density at radius 3 is 2.41 bits per heavy atom. The Bertz CT molecular complexity index is 404. The first-order valence-corrected chi connectivity index (χ1v) is 4.96. The van der Waals surface area contributed by atoms with E-state index >= 15 is 0 Å². The molecule has 17 heavy (non-hydrogen) atoms. The topological polar surface area (TPSA) is 92.5 Å². The summed E-state index contributed by atoms with van der Waals surface area (Å²) in [6.07, 6.45) is 0. The predicted molar refractivity (Wildman–Crippen MR) is 64.1 cm³/mol. The summed E-state index contributed by atoms with van der Waals surface area (Å²) in [5, 5.41) is 21.9. The van der Waals surface area contributed by atoms with Gasteiger partial charge in [-0.05, 0) is 32.5 Å². The summed E-state index contributed by atoms with van der Waals surface area (Å²) in [4.78, 5) is 19.6. The van der Waals surface area contributed by atoms with Crippen LogP contribution in [0.5, 0.6) is 5.75 Å². The zero-order valence-electron chi connectivity index (χ0n) is 10.1. The minimum Gasteiger partial charge on any atom is -0.502 e. The molecule has 6 nitrogen and oxygen atoms in total. The average Bonchev–Trinajstić information content (AvgIpc) is 2.22. The summed E-state index contributed by atoms with van der Waals surface area (Å²) in [5.74, 6) is -0.113. The highest BCUT2D eigenvalue weighted by atomic mass is 16.6. The number of nitro groups is 1. The normalized spacial score (nSPS) is 9.12. The number of nitrogens with zero attached hydrogens (tertiary/aromatic N) is 1. The van der Waals surface area contributed by atoms with Crippen LogP contribution in [0.25, 0.3) is 0 Å². The monoisotopic (exact) mass is 240 g/mol. The first-order valence-electron chi connectivity index (χ1n) is 4.96. The van der Waals surface area contributed by atoms with E-state index in [1.54, 1.807) is 27.0 Å². The number of phenolic OH excluding ortho intramolecular Hbond substituents is 1. The first kappa shape index (κ1) is 15.0. The Labute approximate surface area is 99.4 Å². The molecule has 0 aliphatic heterocycles. The van der Waals surface area contributed by atoms with Crippen molar-refractivity contribution in [2.24, 2.45) is 0 Å². The molecule has 0 atom stereocenters. The van der Waals surface area contributed by atoms with Crippen LogP contribution < -0.4 is 5.32 Å². The Balaban J connectivity index is 0.000000366. The van der Waals surface area contributed by atoms with E-state index < -0.39 is 4.92 Å². The molecule has 0 aliphatic carbocycles. The molecule has 0 amide bonds. The third-order valence-electron chi connectivity index (χ3n) is 1.75. The lowest BCUT2D eigenvalue weighted by molar-refractivity contribution is -0.385. The van der Waals surface area contributed by atoms with Crippen LogP contribution in [0.1, 0.15) is 12.5 Å². The van der Waals surface area contributed by atoms with Crippen LogP contribution in [0, 0.1) is 17.0 Å². The SMILES string of the molecule is CNCC(C)=O.Cc1ccc(O)c([N+](=O)[O-])c1. The van der Waals surface area contributed by atoms with E-state index in [4.69, 9.17) is 5.11 Å². The third-order valence-corrected chi connectivity index (χ3v) is 1.75. The van der Waals surface area contributed by atoms with Gasteiger partial charge in [0.05, 0.1) is 11.5 Å². The van der Waals surface area contributed by atoms with E-state index in [0.717, 1.165) is 5.56 Å². The molecule has 0 saturated carbocycles. The maximum absolute atomic E-state index is 10.2. The zero-order chi connectivity index (χ0) is 13.4. The minimum absolute atomic E-state index is 0.178. The Kier molecular flexibility index (Phi) is 6.50. The van der Waals surface area contributed by atoms with Crippen molar-refractivity contribution in [3.63, 3.8) is 0 Å². The number of nitro benzene ring substituents is 1. The molecule has 0 radical (unpaired) electrons. The van der Waals surface area contributed by atoms with Crippen LogP contribution in [0.2, 0.25) is 0 Å². The second-order valence-corrected chi connectivity index (χ2v) is 3.48. The van der Waals surface area contributed by atoms with Gasteiger partial charge in [-0.15, -0.1) is 0 Å². The number of aryl methyl sites for hydroxylation is 1. The largest absolute Gasteiger partial charge is 0.502 e. The van der Waals surface area contributed by atoms with E-state index in [2.05, 4.69) is 5.32 Å². The summed E-state index contributed by atoms with van der Waals surface area (Å²) < 4.78 is 0. The Morgan fingerprint density at radius 1 is 1.53 bits per heavy atom. The predicted octanol–water partition coefficient (Wildman–Crippen LogP) is 1.40. The Hall–Kier alpha value is -1.95. The molecule has 1 rings (SSSR count). The molecule has 0 bridgehead atoms. The molecule has 0 saturated heterocycles. The van der Waals surface area contributed by atoms with Gasteiger partial charge >= 0.3 is 5.69 Å². The van der Waals surface area contributed by atoms with Crippen molar-refractivity contribution in [2.45, 2.75) is 13.8 Å². The fraction of sp³-hybridized carbons (Fsp3) is 0.364. The summed E-state index contributed by atoms with van der Waals surface area (Å²) in [6.45, 7) is 3.77. The van der Waals surface area contributed by atoms with E-state index in [1.165, 1.54) is 12.1 Å². The summed E-state index contributed by atoms with van der Waals surface area (Å²) in [7, 11) is 1.75. The number of likely N-dealkylation sites (N-methyl/N-ethyl adjacent to an activating group) is 1. The van der Waals surface area contributed by atoms with Gasteiger partial charge in [-0.2, -0.15) is 0 Å². The summed E-state index contributed by atoms with van der Waals surface area (Å²) in [5.41, 5.74) is 0.513. The van der Waals surface area contributed by atoms with Crippen molar-refractivity contribution in [3.05, 3.63) is 33.9 Å². The molecule has 0 fully saturated rings. The fourth-order valence-corrected chi connectivity index (χ4v) is 1.03. The van der Waals surface area contributed by atoms with Crippen LogP contribution in [0.4, 0.5) is 5.69 Å². The van der Waals surface area contributed by atoms with Crippen molar-refractivity contribution in [1.82, 2.24) is 5.32 Å². The fourth-order valence-electron chi connectivity index (χ4n) is 1.03. The maximum Gasteiger partial charge on any atom is 0.310 e. The van der Waals surface area contributed by atoms with Crippen molar-refractivity contribution in [1.29, 1.82) is 0 Å². The highest BCUT2D eigenvalue weighted by Gasteiger charge is 2.11. The quantitative estimate of drug-likeness (QED) is 0.615. The number of nitrogens with one attached hydrogen (secondary N) is 1. The first-order chi connectivity index (χ1) is 7.88. The lowest BCUT2D eigenvalue weighted by Crippen LogP contribution is -2.14. The highest BCUT2D eigenvalue weighted by molar-refractivity contribution is 5.77. The molecule has 0 aliphatic rings. The second kappa shape index (κ2) is 7.34. The van der Waals surface area contributed by atoms with Gasteiger partial charge in [0.1, 0.15) is 5.78 Å². The number of aromatic hydroxyl groups is 1. The molecular formula is C11H16N2O4. The lowest BCUT2D eigenvalue weighted by atomic mass is 10.2. The van der Waals surface area contributed by atoms with Gasteiger partial charge in [0, 0.05) is 6.07 Å². The van der Waals surface area contributed by atoms with Gasteiger partial charge in [-0.25, -0.2) is 0 Å². The highest BCUT2D eigenvalue weighted by Crippen LogP contribution is 2.25. The van der Waals surface area contributed by atoms with Gasteiger partial charge in [0.2, 0.25) is 0 Å². The van der Waals surface area contributed by atoms with Crippen LogP contribution in [0.3, 0.4) is 0 Å². The average molecular weight is 240 g/mol. The van der Waals surface area contributed by atoms with Gasteiger partial charge < -0.3 is 10.4 Å². The summed E-state index contributed by atoms with van der Waals surface area (Å²) >= 11 is 0. The number of rotatable bonds is 3. The molecule has 0 unspecified atom stereocenters. The number of hydrogen-bond acceptors (Lipinski definition) is 5. The van der Waals surface area contributed by atoms with E-state index in [1.807, 2.05) is 0 Å². The van der Waals surface area contributed by atoms with Gasteiger partial charge in [-0.3, -0.25) is 14.9 Å². The van der Waals surface area contributed by atoms with Crippen LogP contribution in [-0.2, 0) is 4.79 Å². The minimum atomic E-state index is -0.609. The molecule has 2 N–H and O–H groups in total. The van der Waals surface area contributed by atoms with Crippen LogP contribution >= 0.6 is 0 Å². The maximum atomic E-state index is 10.2. The molecule has 94 valence electrons. The Morgan fingerprint density at radius 2 is 2.12 bits per heavy atom. The van der Waals surface area contributed by atoms with E-state index in [9.17, 15) is 14.9 Å². The van der Waals surface area contributed by atoms with Crippen molar-refractivity contribution in [2.75, 3.05) is 13.6 Å². The zero-order valence-corrected chi connectivity index (χ0v) is 10.1. The second-order valence-electron chi connectivity index (χ2n) is 3.48. The van der Waals surface area contributed by atoms with Gasteiger partial charge in [0.15, 0.2) is 5.75 Å². The standard InChI is InChI=1S/C7H7NO3.C4H9NO/c1-5-2-3-7(9)6(4-5)8(10)11;1-4(6)3-5-2/h2-4,9H,1H3;5H,3H2,1-2H3. The number of Topliss-reactive ketones (excluding diaryl/α,β-unsaturated/α-hetero) is 1. The van der Waals surface area contributed by atoms with Gasteiger partial charge in [-0.1, -0.05) is 6.07 Å². The molecular weight excluding hydrogens is 224 g/mol. The number of ketones is 1. The number of phenols is 1. The van der Waals surface area contributed by atoms with Crippen LogP contribution in [-0.4, -0.2) is 29.4 Å². The molecule has 0 heterocycles. The molecule has 1 aromatic rings. The number of benzene rings is 1. The number of hydrogen-bond donors (Lipinski definition) is 2. The lowest BCUT2D eigenvalue weighted by Gasteiger charge is -1.95. The smallest absolute Gasteiger partial charge is 0.310 e. The molecule has 1 aromatic carbocycles. The van der Waals surface area contributed by atoms with Crippen LogP contribution in [0.15, 0.2) is 18.2 Å². The summed E-state index contributed by atoms with van der Waals surface area (Å²) in [6, 6.07) is 4.26. The van der Waals surface area contributed by atoms with Crippen molar-refractivity contribution in [3.8, 4) is 5.75 Å². The van der Waals surface area contributed by atoms with Gasteiger partial charge in [0.25, 0.3) is 0 Å².